The SMILES string of the molecule is CCCCOCCNC(C)c1cc2cc(Br)ccc2o1. The monoisotopic (exact) mass is 339 g/mol. The van der Waals surface area contributed by atoms with Gasteiger partial charge in [0.2, 0.25) is 0 Å². The van der Waals surface area contributed by atoms with Crippen LogP contribution >= 0.6 is 15.9 Å². The first-order valence-electron chi connectivity index (χ1n) is 7.21. The van der Waals surface area contributed by atoms with Gasteiger partial charge in [-0.3, -0.25) is 0 Å². The van der Waals surface area contributed by atoms with Gasteiger partial charge < -0.3 is 14.5 Å². The third-order valence-electron chi connectivity index (χ3n) is 3.26. The summed E-state index contributed by atoms with van der Waals surface area (Å²) in [6.07, 6.45) is 2.31. The van der Waals surface area contributed by atoms with E-state index in [1.165, 1.54) is 6.42 Å². The Morgan fingerprint density at radius 2 is 2.15 bits per heavy atom. The van der Waals surface area contributed by atoms with Crippen molar-refractivity contribution in [1.82, 2.24) is 5.32 Å². The Bertz CT molecular complexity index is 538. The van der Waals surface area contributed by atoms with Crippen molar-refractivity contribution in [3.05, 3.63) is 34.5 Å². The zero-order chi connectivity index (χ0) is 14.4. The second kappa shape index (κ2) is 7.81. The van der Waals surface area contributed by atoms with E-state index in [4.69, 9.17) is 9.15 Å². The molecule has 0 saturated heterocycles. The highest BCUT2D eigenvalue weighted by molar-refractivity contribution is 9.10. The Hall–Kier alpha value is -0.840. The predicted molar refractivity (Wildman–Crippen MR) is 86.1 cm³/mol. The summed E-state index contributed by atoms with van der Waals surface area (Å²) in [7, 11) is 0. The van der Waals surface area contributed by atoms with E-state index in [0.29, 0.717) is 0 Å². The van der Waals surface area contributed by atoms with E-state index in [2.05, 4.69) is 47.2 Å². The summed E-state index contributed by atoms with van der Waals surface area (Å²) in [5, 5.41) is 4.55. The molecule has 2 aromatic rings. The fourth-order valence-electron chi connectivity index (χ4n) is 2.04. The van der Waals surface area contributed by atoms with Crippen LogP contribution in [0, 0.1) is 0 Å². The number of hydrogen-bond donors (Lipinski definition) is 1. The summed E-state index contributed by atoms with van der Waals surface area (Å²) in [6, 6.07) is 8.34. The smallest absolute Gasteiger partial charge is 0.134 e. The number of nitrogens with one attached hydrogen (secondary N) is 1. The highest BCUT2D eigenvalue weighted by Crippen LogP contribution is 2.26. The van der Waals surface area contributed by atoms with Gasteiger partial charge in [-0.25, -0.2) is 0 Å². The lowest BCUT2D eigenvalue weighted by Gasteiger charge is -2.11. The molecule has 4 heteroatoms. The maximum atomic E-state index is 5.86. The molecule has 0 aliphatic rings. The molecule has 0 saturated carbocycles. The molecule has 0 bridgehead atoms. The van der Waals surface area contributed by atoms with Crippen LogP contribution in [0.15, 0.2) is 33.2 Å². The van der Waals surface area contributed by atoms with Crippen LogP contribution in [0.5, 0.6) is 0 Å². The minimum Gasteiger partial charge on any atom is -0.459 e. The number of rotatable bonds is 8. The molecule has 1 heterocycles. The Labute approximate surface area is 128 Å². The lowest BCUT2D eigenvalue weighted by atomic mass is 10.2. The Morgan fingerprint density at radius 3 is 2.95 bits per heavy atom. The van der Waals surface area contributed by atoms with Crippen LogP contribution in [0.4, 0.5) is 0 Å². The van der Waals surface area contributed by atoms with Crippen molar-refractivity contribution in [2.45, 2.75) is 32.7 Å². The zero-order valence-corrected chi connectivity index (χ0v) is 13.7. The van der Waals surface area contributed by atoms with Crippen molar-refractivity contribution < 1.29 is 9.15 Å². The molecule has 0 aliphatic carbocycles. The number of unbranched alkanes of at least 4 members (excludes halogenated alkanes) is 1. The summed E-state index contributed by atoms with van der Waals surface area (Å²) in [5.74, 6) is 0.964. The van der Waals surface area contributed by atoms with E-state index < -0.39 is 0 Å². The van der Waals surface area contributed by atoms with Gasteiger partial charge in [0.1, 0.15) is 11.3 Å². The van der Waals surface area contributed by atoms with Crippen molar-refractivity contribution in [1.29, 1.82) is 0 Å². The molecule has 1 atom stereocenters. The third-order valence-corrected chi connectivity index (χ3v) is 3.76. The molecule has 0 aliphatic heterocycles. The van der Waals surface area contributed by atoms with Crippen LogP contribution < -0.4 is 5.32 Å². The van der Waals surface area contributed by atoms with Crippen LogP contribution in [0.2, 0.25) is 0 Å². The van der Waals surface area contributed by atoms with Gasteiger partial charge in [-0.15, -0.1) is 0 Å². The Morgan fingerprint density at radius 1 is 1.30 bits per heavy atom. The van der Waals surface area contributed by atoms with E-state index in [1.54, 1.807) is 0 Å². The molecule has 0 fully saturated rings. The molecule has 110 valence electrons. The average molecular weight is 340 g/mol. The first-order chi connectivity index (χ1) is 9.70. The van der Waals surface area contributed by atoms with E-state index in [-0.39, 0.29) is 6.04 Å². The number of halogens is 1. The van der Waals surface area contributed by atoms with Crippen LogP contribution in [0.25, 0.3) is 11.0 Å². The van der Waals surface area contributed by atoms with Crippen molar-refractivity contribution in [2.75, 3.05) is 19.8 Å². The van der Waals surface area contributed by atoms with Crippen LogP contribution in [-0.2, 0) is 4.74 Å². The molecule has 1 N–H and O–H groups in total. The molecular formula is C16H22BrNO2. The number of ether oxygens (including phenoxy) is 1. The maximum Gasteiger partial charge on any atom is 0.134 e. The molecule has 0 radical (unpaired) electrons. The largest absolute Gasteiger partial charge is 0.459 e. The highest BCUT2D eigenvalue weighted by Gasteiger charge is 2.10. The van der Waals surface area contributed by atoms with Gasteiger partial charge >= 0.3 is 0 Å². The Kier molecular flexibility index (Phi) is 6.07. The van der Waals surface area contributed by atoms with E-state index >= 15 is 0 Å². The van der Waals surface area contributed by atoms with Crippen molar-refractivity contribution in [2.24, 2.45) is 0 Å². The first kappa shape index (κ1) is 15.5. The Balaban J connectivity index is 1.83. The minimum absolute atomic E-state index is 0.191. The van der Waals surface area contributed by atoms with Crippen LogP contribution in [0.3, 0.4) is 0 Å². The molecule has 3 nitrogen and oxygen atoms in total. The van der Waals surface area contributed by atoms with Gasteiger partial charge in [0.05, 0.1) is 12.6 Å². The zero-order valence-electron chi connectivity index (χ0n) is 12.1. The predicted octanol–water partition coefficient (Wildman–Crippen LogP) is 4.66. The summed E-state index contributed by atoms with van der Waals surface area (Å²) in [4.78, 5) is 0. The van der Waals surface area contributed by atoms with Gasteiger partial charge in [0, 0.05) is 23.0 Å². The molecule has 1 unspecified atom stereocenters. The average Bonchev–Trinajstić information content (AvgIpc) is 2.85. The minimum atomic E-state index is 0.191. The van der Waals surface area contributed by atoms with Crippen molar-refractivity contribution in [3.8, 4) is 0 Å². The lowest BCUT2D eigenvalue weighted by Crippen LogP contribution is -2.23. The molecule has 0 amide bonds. The lowest BCUT2D eigenvalue weighted by molar-refractivity contribution is 0.130. The van der Waals surface area contributed by atoms with Gasteiger partial charge in [-0.05, 0) is 37.6 Å². The number of hydrogen-bond acceptors (Lipinski definition) is 3. The second-order valence-electron chi connectivity index (χ2n) is 4.97. The molecule has 0 spiro atoms. The standard InChI is InChI=1S/C16H22BrNO2/c1-3-4-8-19-9-7-18-12(2)16-11-13-10-14(17)5-6-15(13)20-16/h5-6,10-12,18H,3-4,7-9H2,1-2H3. The highest BCUT2D eigenvalue weighted by atomic mass is 79.9. The summed E-state index contributed by atoms with van der Waals surface area (Å²) in [6.45, 7) is 6.72. The quantitative estimate of drug-likeness (QED) is 0.710. The van der Waals surface area contributed by atoms with E-state index in [0.717, 1.165) is 47.4 Å². The van der Waals surface area contributed by atoms with Crippen LogP contribution in [0.1, 0.15) is 38.5 Å². The van der Waals surface area contributed by atoms with Crippen molar-refractivity contribution in [3.63, 3.8) is 0 Å². The molecular weight excluding hydrogens is 318 g/mol. The molecule has 20 heavy (non-hydrogen) atoms. The summed E-state index contributed by atoms with van der Waals surface area (Å²) >= 11 is 3.48. The van der Waals surface area contributed by atoms with E-state index in [1.807, 2.05) is 12.1 Å². The topological polar surface area (TPSA) is 34.4 Å². The summed E-state index contributed by atoms with van der Waals surface area (Å²) in [5.41, 5.74) is 0.927. The maximum absolute atomic E-state index is 5.86. The number of furan rings is 1. The number of fused-ring (bicyclic) bond motifs is 1. The summed E-state index contributed by atoms with van der Waals surface area (Å²) < 4.78 is 12.5. The van der Waals surface area contributed by atoms with E-state index in [9.17, 15) is 0 Å². The molecule has 2 rings (SSSR count). The first-order valence-corrected chi connectivity index (χ1v) is 8.00. The normalized spacial score (nSPS) is 12.9. The second-order valence-corrected chi connectivity index (χ2v) is 5.89. The fourth-order valence-corrected chi connectivity index (χ4v) is 2.42. The van der Waals surface area contributed by atoms with Gasteiger partial charge in [0.25, 0.3) is 0 Å². The van der Waals surface area contributed by atoms with Gasteiger partial charge in [-0.1, -0.05) is 29.3 Å². The van der Waals surface area contributed by atoms with Crippen LogP contribution in [-0.4, -0.2) is 19.8 Å². The van der Waals surface area contributed by atoms with Crippen molar-refractivity contribution >= 4 is 26.9 Å². The van der Waals surface area contributed by atoms with Gasteiger partial charge in [-0.2, -0.15) is 0 Å². The number of benzene rings is 1. The molecule has 1 aromatic heterocycles. The van der Waals surface area contributed by atoms with Gasteiger partial charge in [0.15, 0.2) is 0 Å². The fraction of sp³-hybridized carbons (Fsp3) is 0.500. The molecule has 1 aromatic carbocycles. The third kappa shape index (κ3) is 4.33.